The van der Waals surface area contributed by atoms with Crippen molar-refractivity contribution in [3.8, 4) is 0 Å². The van der Waals surface area contributed by atoms with E-state index in [9.17, 15) is 14.4 Å². The van der Waals surface area contributed by atoms with Crippen LogP contribution in [0.15, 0.2) is 0 Å². The van der Waals surface area contributed by atoms with Crippen molar-refractivity contribution in [3.63, 3.8) is 0 Å². The monoisotopic (exact) mass is 364 g/mol. The Bertz CT molecular complexity index is 438. The predicted molar refractivity (Wildman–Crippen MR) is 92.3 cm³/mol. The Kier molecular flexibility index (Phi) is 8.72. The van der Waals surface area contributed by atoms with Crippen molar-refractivity contribution < 1.29 is 14.4 Å². The van der Waals surface area contributed by atoms with Crippen LogP contribution in [0.2, 0.25) is 0 Å². The highest BCUT2D eigenvalue weighted by atomic mass is 35.5. The van der Waals surface area contributed by atoms with E-state index in [4.69, 9.17) is 5.73 Å². The second kappa shape index (κ2) is 10.00. The molecule has 2 saturated heterocycles. The first-order valence-corrected chi connectivity index (χ1v) is 8.89. The van der Waals surface area contributed by atoms with Gasteiger partial charge in [0, 0.05) is 32.1 Å². The molecule has 3 amide bonds. The highest BCUT2D eigenvalue weighted by molar-refractivity contribution is 8.00. The zero-order chi connectivity index (χ0) is 15.9. The minimum absolute atomic E-state index is 0. The lowest BCUT2D eigenvalue weighted by Gasteiger charge is -2.36. The molecule has 2 rings (SSSR count). The molecule has 2 aliphatic heterocycles. The van der Waals surface area contributed by atoms with E-state index < -0.39 is 0 Å². The standard InChI is InChI=1S/C14H24N4O3S.ClH/c15-5-4-12(19)16-7-11-3-1-2-6-18(11)13(20)8-17-10-22-9-14(17)21;/h11H,1-10,15H2,(H,16,19);1H. The molecule has 0 aromatic heterocycles. The lowest BCUT2D eigenvalue weighted by Crippen LogP contribution is -2.52. The second-order valence-corrected chi connectivity index (χ2v) is 6.60. The minimum Gasteiger partial charge on any atom is -0.354 e. The fourth-order valence-electron chi connectivity index (χ4n) is 2.79. The van der Waals surface area contributed by atoms with Crippen molar-refractivity contribution in [2.24, 2.45) is 5.73 Å². The summed E-state index contributed by atoms with van der Waals surface area (Å²) in [7, 11) is 0. The Balaban J connectivity index is 0.00000264. The summed E-state index contributed by atoms with van der Waals surface area (Å²) in [5.74, 6) is 0.991. The Morgan fingerprint density at radius 1 is 1.35 bits per heavy atom. The van der Waals surface area contributed by atoms with Gasteiger partial charge in [0.25, 0.3) is 0 Å². The highest BCUT2D eigenvalue weighted by Gasteiger charge is 2.30. The molecule has 0 radical (unpaired) electrons. The van der Waals surface area contributed by atoms with Crippen LogP contribution in [-0.2, 0) is 14.4 Å². The number of amides is 3. The van der Waals surface area contributed by atoms with E-state index in [1.807, 2.05) is 4.90 Å². The van der Waals surface area contributed by atoms with Gasteiger partial charge in [0.1, 0.15) is 6.54 Å². The number of likely N-dealkylation sites (tertiary alicyclic amines) is 1. The molecule has 0 spiro atoms. The number of carbonyl (C=O) groups is 3. The smallest absolute Gasteiger partial charge is 0.242 e. The zero-order valence-electron chi connectivity index (χ0n) is 13.2. The fraction of sp³-hybridized carbons (Fsp3) is 0.786. The van der Waals surface area contributed by atoms with Crippen LogP contribution in [0, 0.1) is 0 Å². The maximum atomic E-state index is 12.5. The van der Waals surface area contributed by atoms with Crippen molar-refractivity contribution in [1.82, 2.24) is 15.1 Å². The molecule has 9 heteroatoms. The third-order valence-corrected chi connectivity index (χ3v) is 4.95. The van der Waals surface area contributed by atoms with Crippen LogP contribution in [0.25, 0.3) is 0 Å². The van der Waals surface area contributed by atoms with Gasteiger partial charge in [-0.3, -0.25) is 14.4 Å². The Labute approximate surface area is 147 Å². The van der Waals surface area contributed by atoms with Gasteiger partial charge in [-0.05, 0) is 19.3 Å². The van der Waals surface area contributed by atoms with E-state index in [0.29, 0.717) is 37.7 Å². The molecule has 0 saturated carbocycles. The molecule has 1 atom stereocenters. The summed E-state index contributed by atoms with van der Waals surface area (Å²) >= 11 is 1.54. The van der Waals surface area contributed by atoms with Gasteiger partial charge in [0.05, 0.1) is 11.6 Å². The Hall–Kier alpha value is -0.990. The summed E-state index contributed by atoms with van der Waals surface area (Å²) in [6.45, 7) is 1.64. The van der Waals surface area contributed by atoms with E-state index in [0.717, 1.165) is 19.3 Å². The van der Waals surface area contributed by atoms with Crippen molar-refractivity contribution >= 4 is 41.9 Å². The normalized spacial score (nSPS) is 21.1. The number of rotatable bonds is 6. The molecule has 7 nitrogen and oxygen atoms in total. The average molecular weight is 365 g/mol. The van der Waals surface area contributed by atoms with Gasteiger partial charge in [-0.2, -0.15) is 0 Å². The van der Waals surface area contributed by atoms with Crippen LogP contribution in [0.5, 0.6) is 0 Å². The number of thioether (sulfide) groups is 1. The molecular formula is C14H25ClN4O3S. The Morgan fingerprint density at radius 3 is 2.78 bits per heavy atom. The van der Waals surface area contributed by atoms with Crippen LogP contribution in [0.4, 0.5) is 0 Å². The van der Waals surface area contributed by atoms with Gasteiger partial charge >= 0.3 is 0 Å². The molecule has 2 fully saturated rings. The predicted octanol–water partition coefficient (Wildman–Crippen LogP) is -0.213. The summed E-state index contributed by atoms with van der Waals surface area (Å²) in [5.41, 5.74) is 5.35. The fourth-order valence-corrected chi connectivity index (χ4v) is 3.69. The quantitative estimate of drug-likeness (QED) is 0.679. The first-order chi connectivity index (χ1) is 10.6. The van der Waals surface area contributed by atoms with Crippen molar-refractivity contribution in [2.75, 3.05) is 37.8 Å². The average Bonchev–Trinajstić information content (AvgIpc) is 2.91. The van der Waals surface area contributed by atoms with Crippen LogP contribution in [-0.4, -0.2) is 71.4 Å². The number of piperidine rings is 1. The number of nitrogens with two attached hydrogens (primary N) is 1. The molecule has 132 valence electrons. The summed E-state index contributed by atoms with van der Waals surface area (Å²) in [4.78, 5) is 39.1. The number of nitrogens with one attached hydrogen (secondary N) is 1. The van der Waals surface area contributed by atoms with Crippen LogP contribution in [0.3, 0.4) is 0 Å². The van der Waals surface area contributed by atoms with Gasteiger partial charge < -0.3 is 20.9 Å². The van der Waals surface area contributed by atoms with Gasteiger partial charge in [-0.25, -0.2) is 0 Å². The molecular weight excluding hydrogens is 340 g/mol. The molecule has 3 N–H and O–H groups in total. The first-order valence-electron chi connectivity index (χ1n) is 7.73. The number of hydrogen-bond acceptors (Lipinski definition) is 5. The summed E-state index contributed by atoms with van der Waals surface area (Å²) in [6.07, 6.45) is 3.22. The summed E-state index contributed by atoms with van der Waals surface area (Å²) in [5, 5.41) is 2.84. The maximum absolute atomic E-state index is 12.5. The van der Waals surface area contributed by atoms with Gasteiger partial charge in [-0.1, -0.05) is 0 Å². The molecule has 0 aromatic rings. The first kappa shape index (κ1) is 20.1. The molecule has 2 heterocycles. The van der Waals surface area contributed by atoms with Gasteiger partial charge in [0.2, 0.25) is 17.7 Å². The largest absolute Gasteiger partial charge is 0.354 e. The highest BCUT2D eigenvalue weighted by Crippen LogP contribution is 2.19. The van der Waals surface area contributed by atoms with Crippen molar-refractivity contribution in [1.29, 1.82) is 0 Å². The molecule has 0 aliphatic carbocycles. The Morgan fingerprint density at radius 2 is 2.13 bits per heavy atom. The number of hydrogen-bond donors (Lipinski definition) is 2. The van der Waals surface area contributed by atoms with Crippen molar-refractivity contribution in [2.45, 2.75) is 31.7 Å². The summed E-state index contributed by atoms with van der Waals surface area (Å²) < 4.78 is 0. The lowest BCUT2D eigenvalue weighted by molar-refractivity contribution is -0.140. The number of halogens is 1. The molecule has 0 aromatic carbocycles. The molecule has 2 aliphatic rings. The topological polar surface area (TPSA) is 95.7 Å². The third kappa shape index (κ3) is 5.86. The molecule has 23 heavy (non-hydrogen) atoms. The van der Waals surface area contributed by atoms with E-state index in [1.165, 1.54) is 11.8 Å². The van der Waals surface area contributed by atoms with Crippen LogP contribution >= 0.6 is 24.2 Å². The van der Waals surface area contributed by atoms with Gasteiger partial charge in [0.15, 0.2) is 0 Å². The SMILES string of the molecule is Cl.NCCC(=O)NCC1CCCCN1C(=O)CN1CSCC1=O. The lowest BCUT2D eigenvalue weighted by atomic mass is 10.0. The molecule has 1 unspecified atom stereocenters. The van der Waals surface area contributed by atoms with Crippen LogP contribution in [0.1, 0.15) is 25.7 Å². The third-order valence-electron chi connectivity index (χ3n) is 4.01. The van der Waals surface area contributed by atoms with E-state index >= 15 is 0 Å². The van der Waals surface area contributed by atoms with E-state index in [1.54, 1.807) is 4.90 Å². The van der Waals surface area contributed by atoms with Gasteiger partial charge in [-0.15, -0.1) is 24.2 Å². The van der Waals surface area contributed by atoms with Crippen LogP contribution < -0.4 is 11.1 Å². The summed E-state index contributed by atoms with van der Waals surface area (Å²) in [6, 6.07) is 0.0216. The maximum Gasteiger partial charge on any atom is 0.242 e. The van der Waals surface area contributed by atoms with E-state index in [2.05, 4.69) is 5.32 Å². The zero-order valence-corrected chi connectivity index (χ0v) is 14.8. The number of carbonyl (C=O) groups excluding carboxylic acids is 3. The molecule has 0 bridgehead atoms. The van der Waals surface area contributed by atoms with E-state index in [-0.39, 0.29) is 42.7 Å². The van der Waals surface area contributed by atoms with Crippen molar-refractivity contribution in [3.05, 3.63) is 0 Å². The number of nitrogens with zero attached hydrogens (tertiary/aromatic N) is 2. The minimum atomic E-state index is -0.0772. The second-order valence-electron chi connectivity index (χ2n) is 5.65.